The van der Waals surface area contributed by atoms with E-state index < -0.39 is 0 Å². The van der Waals surface area contributed by atoms with Crippen molar-refractivity contribution >= 4 is 5.91 Å². The van der Waals surface area contributed by atoms with Crippen LogP contribution in [0, 0.1) is 12.8 Å². The molecule has 1 aliphatic heterocycles. The first kappa shape index (κ1) is 20.0. The number of amides is 1. The zero-order valence-corrected chi connectivity index (χ0v) is 17.5. The van der Waals surface area contributed by atoms with Crippen LogP contribution < -0.4 is 14.8 Å². The van der Waals surface area contributed by atoms with Crippen molar-refractivity contribution < 1.29 is 18.7 Å². The molecule has 2 aromatic carbocycles. The Morgan fingerprint density at radius 2 is 1.77 bits per heavy atom. The van der Waals surface area contributed by atoms with Gasteiger partial charge in [0.25, 0.3) is 5.91 Å². The molecule has 1 N–H and O–H groups in total. The van der Waals surface area contributed by atoms with Crippen molar-refractivity contribution in [2.75, 3.05) is 13.2 Å². The maximum absolute atomic E-state index is 13.1. The number of nitrogens with one attached hydrogen (secondary N) is 1. The lowest BCUT2D eigenvalue weighted by Crippen LogP contribution is -2.32. The topological polar surface area (TPSA) is 73.6 Å². The molecular weight excluding hydrogens is 380 g/mol. The summed E-state index contributed by atoms with van der Waals surface area (Å²) < 4.78 is 17.3. The second-order valence-electron chi connectivity index (χ2n) is 7.74. The van der Waals surface area contributed by atoms with Gasteiger partial charge in [0.15, 0.2) is 17.2 Å². The number of hydrogen-bond donors (Lipinski definition) is 1. The Labute approximate surface area is 176 Å². The normalized spacial score (nSPS) is 14.3. The van der Waals surface area contributed by atoms with Gasteiger partial charge in [-0.05, 0) is 42.7 Å². The number of ether oxygens (including phenoxy) is 2. The number of rotatable bonds is 5. The maximum Gasteiger partial charge on any atom is 0.274 e. The summed E-state index contributed by atoms with van der Waals surface area (Å²) in [6.07, 6.45) is 0.851. The number of benzene rings is 2. The van der Waals surface area contributed by atoms with E-state index in [0.717, 1.165) is 23.3 Å². The summed E-state index contributed by atoms with van der Waals surface area (Å²) in [6, 6.07) is 15.2. The number of aromatic nitrogens is 1. The van der Waals surface area contributed by atoms with Crippen molar-refractivity contribution in [3.8, 4) is 23.0 Å². The van der Waals surface area contributed by atoms with Gasteiger partial charge in [-0.15, -0.1) is 0 Å². The average molecular weight is 406 g/mol. The van der Waals surface area contributed by atoms with Gasteiger partial charge >= 0.3 is 0 Å². The molecule has 0 bridgehead atoms. The molecule has 156 valence electrons. The second kappa shape index (κ2) is 8.61. The van der Waals surface area contributed by atoms with E-state index >= 15 is 0 Å². The minimum absolute atomic E-state index is 0.166. The summed E-state index contributed by atoms with van der Waals surface area (Å²) in [5.74, 6) is 2.30. The highest BCUT2D eigenvalue weighted by Gasteiger charge is 2.25. The smallest absolute Gasteiger partial charge is 0.274 e. The Morgan fingerprint density at radius 1 is 1.03 bits per heavy atom. The molecule has 0 unspecified atom stereocenters. The standard InChI is InChI=1S/C24H26N2O4/c1-15(2)21(18-10-11-19-20(14-18)29-13-7-12-28-19)25-23(27)22-16(3)30-24(26-22)17-8-5-4-6-9-17/h4-6,8-11,14-15,21H,7,12-13H2,1-3H3,(H,25,27)/t21-/m0/s1. The van der Waals surface area contributed by atoms with Gasteiger partial charge in [-0.2, -0.15) is 0 Å². The molecule has 0 fully saturated rings. The molecule has 1 atom stereocenters. The lowest BCUT2D eigenvalue weighted by atomic mass is 9.95. The van der Waals surface area contributed by atoms with Crippen LogP contribution in [0.15, 0.2) is 52.9 Å². The van der Waals surface area contributed by atoms with E-state index in [1.807, 2.05) is 48.5 Å². The van der Waals surface area contributed by atoms with Crippen LogP contribution in [0.1, 0.15) is 48.1 Å². The van der Waals surface area contributed by atoms with Gasteiger partial charge in [0, 0.05) is 12.0 Å². The largest absolute Gasteiger partial charge is 0.490 e. The van der Waals surface area contributed by atoms with Crippen molar-refractivity contribution in [3.05, 3.63) is 65.5 Å². The minimum Gasteiger partial charge on any atom is -0.490 e. The van der Waals surface area contributed by atoms with E-state index in [0.29, 0.717) is 36.3 Å². The fourth-order valence-corrected chi connectivity index (χ4v) is 3.53. The molecule has 0 saturated carbocycles. The minimum atomic E-state index is -0.260. The van der Waals surface area contributed by atoms with Gasteiger partial charge in [-0.3, -0.25) is 4.79 Å². The van der Waals surface area contributed by atoms with Crippen molar-refractivity contribution in [1.29, 1.82) is 0 Å². The Bertz CT molecular complexity index is 1030. The molecule has 0 saturated heterocycles. The molecule has 6 heteroatoms. The van der Waals surface area contributed by atoms with Crippen LogP contribution >= 0.6 is 0 Å². The third-order valence-electron chi connectivity index (χ3n) is 5.12. The molecule has 3 aromatic rings. The number of carbonyl (C=O) groups excluding carboxylic acids is 1. The molecule has 0 radical (unpaired) electrons. The summed E-state index contributed by atoms with van der Waals surface area (Å²) in [7, 11) is 0. The van der Waals surface area contributed by atoms with E-state index in [-0.39, 0.29) is 17.9 Å². The Balaban J connectivity index is 1.58. The fraction of sp³-hybridized carbons (Fsp3) is 0.333. The lowest BCUT2D eigenvalue weighted by molar-refractivity contribution is 0.0919. The lowest BCUT2D eigenvalue weighted by Gasteiger charge is -2.23. The molecule has 4 rings (SSSR count). The van der Waals surface area contributed by atoms with Crippen molar-refractivity contribution in [2.24, 2.45) is 5.92 Å². The molecule has 1 aliphatic rings. The number of hydrogen-bond acceptors (Lipinski definition) is 5. The summed E-state index contributed by atoms with van der Waals surface area (Å²) in [5.41, 5.74) is 2.10. The zero-order chi connectivity index (χ0) is 21.1. The summed E-state index contributed by atoms with van der Waals surface area (Å²) in [6.45, 7) is 7.16. The second-order valence-corrected chi connectivity index (χ2v) is 7.74. The number of oxazole rings is 1. The number of fused-ring (bicyclic) bond motifs is 1. The van der Waals surface area contributed by atoms with E-state index in [1.165, 1.54) is 0 Å². The number of carbonyl (C=O) groups is 1. The Morgan fingerprint density at radius 3 is 2.50 bits per heavy atom. The molecule has 0 aliphatic carbocycles. The van der Waals surface area contributed by atoms with Crippen molar-refractivity contribution in [1.82, 2.24) is 10.3 Å². The molecule has 6 nitrogen and oxygen atoms in total. The van der Waals surface area contributed by atoms with Crippen LogP contribution in [0.5, 0.6) is 11.5 Å². The van der Waals surface area contributed by atoms with Gasteiger partial charge in [0.1, 0.15) is 5.76 Å². The van der Waals surface area contributed by atoms with Gasteiger partial charge in [0.05, 0.1) is 19.3 Å². The van der Waals surface area contributed by atoms with E-state index in [1.54, 1.807) is 6.92 Å². The maximum atomic E-state index is 13.1. The number of aryl methyl sites for hydroxylation is 1. The highest BCUT2D eigenvalue weighted by atomic mass is 16.5. The Hall–Kier alpha value is -3.28. The fourth-order valence-electron chi connectivity index (χ4n) is 3.53. The third kappa shape index (κ3) is 4.17. The Kier molecular flexibility index (Phi) is 5.74. The van der Waals surface area contributed by atoms with Crippen molar-refractivity contribution in [2.45, 2.75) is 33.2 Å². The first-order valence-corrected chi connectivity index (χ1v) is 10.3. The van der Waals surface area contributed by atoms with E-state index in [4.69, 9.17) is 13.9 Å². The van der Waals surface area contributed by atoms with Crippen LogP contribution in [-0.2, 0) is 0 Å². The first-order chi connectivity index (χ1) is 14.5. The first-order valence-electron chi connectivity index (χ1n) is 10.3. The quantitative estimate of drug-likeness (QED) is 0.650. The zero-order valence-electron chi connectivity index (χ0n) is 17.5. The molecule has 30 heavy (non-hydrogen) atoms. The van der Waals surface area contributed by atoms with Gasteiger partial charge < -0.3 is 19.2 Å². The van der Waals surface area contributed by atoms with Crippen molar-refractivity contribution in [3.63, 3.8) is 0 Å². The number of nitrogens with zero attached hydrogens (tertiary/aromatic N) is 1. The van der Waals surface area contributed by atoms with Gasteiger partial charge in [-0.1, -0.05) is 38.1 Å². The monoisotopic (exact) mass is 406 g/mol. The summed E-state index contributed by atoms with van der Waals surface area (Å²) in [4.78, 5) is 17.5. The van der Waals surface area contributed by atoms with Crippen LogP contribution in [0.4, 0.5) is 0 Å². The highest BCUT2D eigenvalue weighted by molar-refractivity contribution is 5.94. The SMILES string of the molecule is Cc1oc(-c2ccccc2)nc1C(=O)N[C@H](c1ccc2c(c1)OCCCO2)C(C)C. The van der Waals surface area contributed by atoms with Crippen LogP contribution in [-0.4, -0.2) is 24.1 Å². The third-order valence-corrected chi connectivity index (χ3v) is 5.12. The van der Waals surface area contributed by atoms with Crippen LogP contribution in [0.3, 0.4) is 0 Å². The predicted octanol–water partition coefficient (Wildman–Crippen LogP) is 4.94. The van der Waals surface area contributed by atoms with Gasteiger partial charge in [-0.25, -0.2) is 4.98 Å². The molecule has 0 spiro atoms. The predicted molar refractivity (Wildman–Crippen MR) is 114 cm³/mol. The highest BCUT2D eigenvalue weighted by Crippen LogP contribution is 2.34. The molecule has 1 amide bonds. The molecule has 1 aromatic heterocycles. The van der Waals surface area contributed by atoms with E-state index in [2.05, 4.69) is 24.1 Å². The van der Waals surface area contributed by atoms with E-state index in [9.17, 15) is 4.79 Å². The van der Waals surface area contributed by atoms with Crippen LogP contribution in [0.2, 0.25) is 0 Å². The summed E-state index contributed by atoms with van der Waals surface area (Å²) in [5, 5.41) is 3.12. The van der Waals surface area contributed by atoms with Gasteiger partial charge in [0.2, 0.25) is 5.89 Å². The average Bonchev–Trinajstić information content (AvgIpc) is 2.99. The molecular formula is C24H26N2O4. The van der Waals surface area contributed by atoms with Crippen LogP contribution in [0.25, 0.3) is 11.5 Å². The summed E-state index contributed by atoms with van der Waals surface area (Å²) >= 11 is 0. The molecule has 2 heterocycles.